The van der Waals surface area contributed by atoms with Crippen LogP contribution >= 0.6 is 0 Å². The number of carbonyl (C=O) groups is 1. The van der Waals surface area contributed by atoms with Gasteiger partial charge in [0.2, 0.25) is 5.91 Å². The minimum atomic E-state index is -0.263. The van der Waals surface area contributed by atoms with E-state index < -0.39 is 0 Å². The summed E-state index contributed by atoms with van der Waals surface area (Å²) in [5.41, 5.74) is 1.23. The number of nitrogens with one attached hydrogen (secondary N) is 1. The molecular weight excluding hydrogens is 280 g/mol. The molecule has 0 saturated carbocycles. The van der Waals surface area contributed by atoms with Gasteiger partial charge in [0.1, 0.15) is 6.10 Å². The van der Waals surface area contributed by atoms with Crippen LogP contribution in [0, 0.1) is 0 Å². The monoisotopic (exact) mass is 304 g/mol. The second kappa shape index (κ2) is 7.72. The highest BCUT2D eigenvalue weighted by Crippen LogP contribution is 2.21. The zero-order valence-corrected chi connectivity index (χ0v) is 12.9. The molecule has 2 atom stereocenters. The van der Waals surface area contributed by atoms with Crippen LogP contribution in [0.25, 0.3) is 0 Å². The van der Waals surface area contributed by atoms with E-state index in [2.05, 4.69) is 22.3 Å². The minimum absolute atomic E-state index is 0.0201. The summed E-state index contributed by atoms with van der Waals surface area (Å²) < 4.78 is 10.9. The zero-order valence-electron chi connectivity index (χ0n) is 12.9. The molecule has 1 aromatic rings. The number of benzene rings is 1. The molecule has 0 aromatic heterocycles. The van der Waals surface area contributed by atoms with Gasteiger partial charge in [-0.15, -0.1) is 0 Å². The number of ether oxygens (including phenoxy) is 2. The number of hydrogen-bond acceptors (Lipinski definition) is 4. The lowest BCUT2D eigenvalue weighted by Gasteiger charge is -2.35. The molecule has 0 bridgehead atoms. The summed E-state index contributed by atoms with van der Waals surface area (Å²) in [6.45, 7) is 4.61. The number of hydrogen-bond donors (Lipinski definition) is 1. The second-order valence-electron chi connectivity index (χ2n) is 5.82. The van der Waals surface area contributed by atoms with Crippen molar-refractivity contribution in [2.24, 2.45) is 0 Å². The van der Waals surface area contributed by atoms with Crippen LogP contribution in [-0.2, 0) is 14.3 Å². The second-order valence-corrected chi connectivity index (χ2v) is 5.82. The Bertz CT molecular complexity index is 468. The van der Waals surface area contributed by atoms with Gasteiger partial charge in [-0.2, -0.15) is 0 Å². The summed E-state index contributed by atoms with van der Waals surface area (Å²) in [5, 5.41) is 3.07. The number of morpholine rings is 1. The fraction of sp³-hybridized carbons (Fsp3) is 0.588. The Kier molecular flexibility index (Phi) is 5.43. The van der Waals surface area contributed by atoms with E-state index in [1.165, 1.54) is 5.56 Å². The Morgan fingerprint density at radius 2 is 2.00 bits per heavy atom. The van der Waals surface area contributed by atoms with E-state index in [1.54, 1.807) is 0 Å². The lowest BCUT2D eigenvalue weighted by atomic mass is 10.0. The summed E-state index contributed by atoms with van der Waals surface area (Å²) in [6, 6.07) is 10.5. The molecule has 1 amide bonds. The van der Waals surface area contributed by atoms with Gasteiger partial charge in [-0.25, -0.2) is 0 Å². The standard InChI is InChI=1S/C17H24N2O3/c20-17(16-7-4-10-22-16)18-13-15(14-5-2-1-3-6-14)19-8-11-21-12-9-19/h1-3,5-6,15-16H,4,7-13H2,(H,18,20). The Balaban J connectivity index is 1.64. The number of nitrogens with zero attached hydrogens (tertiary/aromatic N) is 1. The third-order valence-electron chi connectivity index (χ3n) is 4.36. The summed E-state index contributed by atoms with van der Waals surface area (Å²) in [6.07, 6.45) is 1.55. The normalized spacial score (nSPS) is 24.1. The fourth-order valence-electron chi connectivity index (χ4n) is 3.12. The van der Waals surface area contributed by atoms with Gasteiger partial charge in [-0.1, -0.05) is 30.3 Å². The van der Waals surface area contributed by atoms with Crippen LogP contribution in [0.3, 0.4) is 0 Å². The summed E-state index contributed by atoms with van der Waals surface area (Å²) in [5.74, 6) is 0.0201. The van der Waals surface area contributed by atoms with Crippen molar-refractivity contribution in [2.75, 3.05) is 39.5 Å². The molecule has 2 fully saturated rings. The van der Waals surface area contributed by atoms with Crippen molar-refractivity contribution in [1.29, 1.82) is 0 Å². The van der Waals surface area contributed by atoms with Crippen LogP contribution in [0.1, 0.15) is 24.4 Å². The van der Waals surface area contributed by atoms with Gasteiger partial charge in [0, 0.05) is 26.2 Å². The molecule has 0 spiro atoms. The van der Waals surface area contributed by atoms with E-state index >= 15 is 0 Å². The quantitative estimate of drug-likeness (QED) is 0.892. The topological polar surface area (TPSA) is 50.8 Å². The molecule has 2 saturated heterocycles. The SMILES string of the molecule is O=C(NCC(c1ccccc1)N1CCOCC1)C1CCCO1. The lowest BCUT2D eigenvalue weighted by Crippen LogP contribution is -2.45. The van der Waals surface area contributed by atoms with Crippen molar-refractivity contribution in [3.8, 4) is 0 Å². The number of amides is 1. The van der Waals surface area contributed by atoms with Gasteiger partial charge in [0.05, 0.1) is 19.3 Å². The lowest BCUT2D eigenvalue weighted by molar-refractivity contribution is -0.130. The average molecular weight is 304 g/mol. The summed E-state index contributed by atoms with van der Waals surface area (Å²) >= 11 is 0. The van der Waals surface area contributed by atoms with E-state index in [0.29, 0.717) is 13.2 Å². The van der Waals surface area contributed by atoms with Crippen molar-refractivity contribution >= 4 is 5.91 Å². The van der Waals surface area contributed by atoms with Crippen LogP contribution in [0.5, 0.6) is 0 Å². The molecule has 2 heterocycles. The average Bonchev–Trinajstić information content (AvgIpc) is 3.11. The Morgan fingerprint density at radius 1 is 1.23 bits per heavy atom. The molecule has 0 radical (unpaired) electrons. The first-order valence-electron chi connectivity index (χ1n) is 8.10. The predicted octanol–water partition coefficient (Wildman–Crippen LogP) is 1.36. The van der Waals surface area contributed by atoms with E-state index in [9.17, 15) is 4.79 Å². The van der Waals surface area contributed by atoms with E-state index in [1.807, 2.05) is 18.2 Å². The molecule has 5 heteroatoms. The van der Waals surface area contributed by atoms with Crippen LogP contribution in [0.4, 0.5) is 0 Å². The van der Waals surface area contributed by atoms with Gasteiger partial charge in [-0.3, -0.25) is 9.69 Å². The maximum atomic E-state index is 12.2. The third kappa shape index (κ3) is 3.85. The zero-order chi connectivity index (χ0) is 15.2. The Hall–Kier alpha value is -1.43. The van der Waals surface area contributed by atoms with Gasteiger partial charge in [0.15, 0.2) is 0 Å². The highest BCUT2D eigenvalue weighted by Gasteiger charge is 2.26. The molecule has 0 aliphatic carbocycles. The molecule has 2 aliphatic heterocycles. The smallest absolute Gasteiger partial charge is 0.249 e. The molecule has 2 unspecified atom stereocenters. The van der Waals surface area contributed by atoms with Gasteiger partial charge < -0.3 is 14.8 Å². The van der Waals surface area contributed by atoms with Crippen LogP contribution in [0.15, 0.2) is 30.3 Å². The molecular formula is C17H24N2O3. The van der Waals surface area contributed by atoms with Crippen LogP contribution in [0.2, 0.25) is 0 Å². The van der Waals surface area contributed by atoms with Crippen LogP contribution < -0.4 is 5.32 Å². The largest absolute Gasteiger partial charge is 0.379 e. The predicted molar refractivity (Wildman–Crippen MR) is 83.6 cm³/mol. The molecule has 5 nitrogen and oxygen atoms in total. The first-order chi connectivity index (χ1) is 10.8. The summed E-state index contributed by atoms with van der Waals surface area (Å²) in [7, 11) is 0. The molecule has 3 rings (SSSR count). The fourth-order valence-corrected chi connectivity index (χ4v) is 3.12. The molecule has 2 aliphatic rings. The highest BCUT2D eigenvalue weighted by molar-refractivity contribution is 5.81. The van der Waals surface area contributed by atoms with Gasteiger partial charge in [0.25, 0.3) is 0 Å². The van der Waals surface area contributed by atoms with E-state index in [4.69, 9.17) is 9.47 Å². The van der Waals surface area contributed by atoms with E-state index in [-0.39, 0.29) is 18.1 Å². The molecule has 1 N–H and O–H groups in total. The maximum Gasteiger partial charge on any atom is 0.249 e. The molecule has 22 heavy (non-hydrogen) atoms. The highest BCUT2D eigenvalue weighted by atomic mass is 16.5. The Labute approximate surface area is 131 Å². The molecule has 1 aromatic carbocycles. The summed E-state index contributed by atoms with van der Waals surface area (Å²) in [4.78, 5) is 14.6. The van der Waals surface area contributed by atoms with Crippen molar-refractivity contribution in [2.45, 2.75) is 25.0 Å². The maximum absolute atomic E-state index is 12.2. The number of carbonyl (C=O) groups excluding carboxylic acids is 1. The van der Waals surface area contributed by atoms with E-state index in [0.717, 1.165) is 39.1 Å². The minimum Gasteiger partial charge on any atom is -0.379 e. The Morgan fingerprint density at radius 3 is 2.68 bits per heavy atom. The van der Waals surface area contributed by atoms with Crippen molar-refractivity contribution in [1.82, 2.24) is 10.2 Å². The van der Waals surface area contributed by atoms with Gasteiger partial charge in [-0.05, 0) is 18.4 Å². The number of rotatable bonds is 5. The third-order valence-corrected chi connectivity index (χ3v) is 4.36. The van der Waals surface area contributed by atoms with Crippen molar-refractivity contribution in [3.05, 3.63) is 35.9 Å². The molecule has 120 valence electrons. The first-order valence-corrected chi connectivity index (χ1v) is 8.10. The first kappa shape index (κ1) is 15.5. The van der Waals surface area contributed by atoms with Crippen LogP contribution in [-0.4, -0.2) is 56.4 Å². The van der Waals surface area contributed by atoms with Crippen molar-refractivity contribution in [3.63, 3.8) is 0 Å². The van der Waals surface area contributed by atoms with Gasteiger partial charge >= 0.3 is 0 Å². The van der Waals surface area contributed by atoms with Crippen molar-refractivity contribution < 1.29 is 14.3 Å².